The average Bonchev–Trinajstić information content (AvgIpc) is 2.64. The normalized spacial score (nSPS) is 20.6. The molecule has 2 heterocycles. The number of anilines is 2. The monoisotopic (exact) mass is 250 g/mol. The van der Waals surface area contributed by atoms with Gasteiger partial charge >= 0.3 is 0 Å². The predicted octanol–water partition coefficient (Wildman–Crippen LogP) is 2.08. The molecular formula is C13H22N4O. The van der Waals surface area contributed by atoms with Gasteiger partial charge in [0.25, 0.3) is 0 Å². The molecule has 0 aliphatic carbocycles. The van der Waals surface area contributed by atoms with Crippen LogP contribution in [0.25, 0.3) is 0 Å². The van der Waals surface area contributed by atoms with Gasteiger partial charge in [-0.15, -0.1) is 0 Å². The van der Waals surface area contributed by atoms with E-state index in [-0.39, 0.29) is 0 Å². The topological polar surface area (TPSA) is 64.3 Å². The van der Waals surface area contributed by atoms with Gasteiger partial charge in [0.1, 0.15) is 12.0 Å². The quantitative estimate of drug-likeness (QED) is 0.889. The van der Waals surface area contributed by atoms with Crippen molar-refractivity contribution in [2.45, 2.75) is 32.6 Å². The van der Waals surface area contributed by atoms with Crippen LogP contribution in [0.1, 0.15) is 32.6 Å². The highest BCUT2D eigenvalue weighted by Crippen LogP contribution is 2.30. The number of hydrogen-bond acceptors (Lipinski definition) is 5. The molecule has 1 atom stereocenters. The van der Waals surface area contributed by atoms with Crippen LogP contribution in [0.2, 0.25) is 0 Å². The van der Waals surface area contributed by atoms with Crippen LogP contribution < -0.4 is 15.4 Å². The van der Waals surface area contributed by atoms with Gasteiger partial charge < -0.3 is 15.4 Å². The van der Waals surface area contributed by atoms with E-state index in [0.717, 1.165) is 24.8 Å². The largest absolute Gasteiger partial charge is 0.479 e. The van der Waals surface area contributed by atoms with Gasteiger partial charge in [-0.2, -0.15) is 4.98 Å². The number of nitrogens with zero attached hydrogens (tertiary/aromatic N) is 3. The molecule has 1 saturated heterocycles. The fourth-order valence-corrected chi connectivity index (χ4v) is 2.57. The Kier molecular flexibility index (Phi) is 4.23. The van der Waals surface area contributed by atoms with Crippen molar-refractivity contribution in [1.29, 1.82) is 0 Å². The first kappa shape index (κ1) is 12.9. The van der Waals surface area contributed by atoms with Gasteiger partial charge in [0.05, 0.1) is 7.11 Å². The summed E-state index contributed by atoms with van der Waals surface area (Å²) in [5.41, 5.74) is 6.60. The van der Waals surface area contributed by atoms with E-state index in [1.54, 1.807) is 7.11 Å². The van der Waals surface area contributed by atoms with Crippen LogP contribution in [0.15, 0.2) is 6.33 Å². The van der Waals surface area contributed by atoms with Gasteiger partial charge in [-0.25, -0.2) is 4.98 Å². The first-order valence-corrected chi connectivity index (χ1v) is 6.65. The predicted molar refractivity (Wildman–Crippen MR) is 72.8 cm³/mol. The molecule has 0 radical (unpaired) electrons. The number of hydrogen-bond donors (Lipinski definition) is 1. The van der Waals surface area contributed by atoms with Crippen molar-refractivity contribution in [2.24, 2.45) is 5.92 Å². The van der Waals surface area contributed by atoms with E-state index in [2.05, 4.69) is 21.8 Å². The molecule has 5 heteroatoms. The van der Waals surface area contributed by atoms with Crippen LogP contribution >= 0.6 is 0 Å². The van der Waals surface area contributed by atoms with E-state index in [1.165, 1.54) is 32.0 Å². The molecule has 0 spiro atoms. The molecule has 18 heavy (non-hydrogen) atoms. The molecule has 5 nitrogen and oxygen atoms in total. The Morgan fingerprint density at radius 1 is 1.39 bits per heavy atom. The van der Waals surface area contributed by atoms with Crippen LogP contribution in [0.4, 0.5) is 11.5 Å². The summed E-state index contributed by atoms with van der Waals surface area (Å²) in [7, 11) is 1.58. The van der Waals surface area contributed by atoms with Crippen molar-refractivity contribution in [3.63, 3.8) is 0 Å². The summed E-state index contributed by atoms with van der Waals surface area (Å²) >= 11 is 0. The van der Waals surface area contributed by atoms with Crippen molar-refractivity contribution >= 4 is 11.5 Å². The van der Waals surface area contributed by atoms with Crippen molar-refractivity contribution in [3.05, 3.63) is 6.33 Å². The highest BCUT2D eigenvalue weighted by molar-refractivity contribution is 5.67. The minimum absolute atomic E-state index is 0.469. The van der Waals surface area contributed by atoms with Gasteiger partial charge in [0.2, 0.25) is 5.88 Å². The number of rotatable bonds is 3. The van der Waals surface area contributed by atoms with E-state index in [1.807, 2.05) is 0 Å². The molecule has 1 unspecified atom stereocenters. The molecule has 2 N–H and O–H groups in total. The van der Waals surface area contributed by atoms with E-state index >= 15 is 0 Å². The molecule has 0 saturated carbocycles. The molecule has 1 aromatic heterocycles. The second-order valence-electron chi connectivity index (χ2n) is 4.81. The van der Waals surface area contributed by atoms with Crippen LogP contribution in [0.5, 0.6) is 5.88 Å². The van der Waals surface area contributed by atoms with Gasteiger partial charge in [0.15, 0.2) is 5.82 Å². The van der Waals surface area contributed by atoms with Crippen LogP contribution in [-0.4, -0.2) is 30.2 Å². The van der Waals surface area contributed by atoms with Gasteiger partial charge in [-0.3, -0.25) is 0 Å². The summed E-state index contributed by atoms with van der Waals surface area (Å²) in [6.07, 6.45) is 6.49. The summed E-state index contributed by atoms with van der Waals surface area (Å²) in [4.78, 5) is 10.6. The summed E-state index contributed by atoms with van der Waals surface area (Å²) in [5, 5.41) is 0. The molecule has 1 fully saturated rings. The first-order valence-electron chi connectivity index (χ1n) is 6.65. The minimum Gasteiger partial charge on any atom is -0.479 e. The van der Waals surface area contributed by atoms with Crippen LogP contribution in [0.3, 0.4) is 0 Å². The number of ether oxygens (including phenoxy) is 1. The van der Waals surface area contributed by atoms with Crippen molar-refractivity contribution < 1.29 is 4.74 Å². The zero-order chi connectivity index (χ0) is 13.0. The Balaban J connectivity index is 2.16. The number of methoxy groups -OCH3 is 1. The number of nitrogens with two attached hydrogens (primary N) is 1. The van der Waals surface area contributed by atoms with Crippen molar-refractivity contribution in [3.8, 4) is 5.88 Å². The molecule has 1 aliphatic heterocycles. The molecular weight excluding hydrogens is 228 g/mol. The average molecular weight is 250 g/mol. The third-order valence-corrected chi connectivity index (χ3v) is 3.74. The minimum atomic E-state index is 0.469. The summed E-state index contributed by atoms with van der Waals surface area (Å²) < 4.78 is 5.15. The standard InChI is InChI=1S/C13H22N4O/c1-3-10-5-4-7-17(8-6-10)12-11(14)13(18-2)16-9-15-12/h9-10H,3-8,14H2,1-2H3. The molecule has 1 aliphatic rings. The van der Waals surface area contributed by atoms with E-state index < -0.39 is 0 Å². The Bertz CT molecular complexity index is 397. The van der Waals surface area contributed by atoms with Gasteiger partial charge in [0, 0.05) is 13.1 Å². The van der Waals surface area contributed by atoms with E-state index in [4.69, 9.17) is 10.5 Å². The SMILES string of the molecule is CCC1CCCN(c2ncnc(OC)c2N)CC1. The maximum absolute atomic E-state index is 6.05. The highest BCUT2D eigenvalue weighted by Gasteiger charge is 2.20. The Morgan fingerprint density at radius 3 is 2.94 bits per heavy atom. The lowest BCUT2D eigenvalue weighted by Gasteiger charge is -2.23. The highest BCUT2D eigenvalue weighted by atomic mass is 16.5. The second kappa shape index (κ2) is 5.89. The number of aromatic nitrogens is 2. The zero-order valence-electron chi connectivity index (χ0n) is 11.2. The molecule has 1 aromatic rings. The fraction of sp³-hybridized carbons (Fsp3) is 0.692. The Hall–Kier alpha value is -1.52. The van der Waals surface area contributed by atoms with Crippen LogP contribution in [-0.2, 0) is 0 Å². The maximum Gasteiger partial charge on any atom is 0.242 e. The van der Waals surface area contributed by atoms with Crippen molar-refractivity contribution in [1.82, 2.24) is 9.97 Å². The zero-order valence-corrected chi connectivity index (χ0v) is 11.2. The number of nitrogen functional groups attached to an aromatic ring is 1. The second-order valence-corrected chi connectivity index (χ2v) is 4.81. The molecule has 100 valence electrons. The molecule has 2 rings (SSSR count). The maximum atomic E-state index is 6.05. The van der Waals surface area contributed by atoms with Crippen molar-refractivity contribution in [2.75, 3.05) is 30.8 Å². The molecule has 0 aromatic carbocycles. The summed E-state index contributed by atoms with van der Waals surface area (Å²) in [5.74, 6) is 2.12. The van der Waals surface area contributed by atoms with E-state index in [9.17, 15) is 0 Å². The lowest BCUT2D eigenvalue weighted by molar-refractivity contribution is 0.399. The van der Waals surface area contributed by atoms with E-state index in [0.29, 0.717) is 11.6 Å². The third kappa shape index (κ3) is 2.66. The lowest BCUT2D eigenvalue weighted by Crippen LogP contribution is -2.26. The van der Waals surface area contributed by atoms with Crippen LogP contribution in [0, 0.1) is 5.92 Å². The third-order valence-electron chi connectivity index (χ3n) is 3.74. The summed E-state index contributed by atoms with van der Waals surface area (Å²) in [6, 6.07) is 0. The van der Waals surface area contributed by atoms with Gasteiger partial charge in [-0.05, 0) is 25.2 Å². The fourth-order valence-electron chi connectivity index (χ4n) is 2.57. The first-order chi connectivity index (χ1) is 8.76. The molecule has 0 amide bonds. The Morgan fingerprint density at radius 2 is 2.22 bits per heavy atom. The summed E-state index contributed by atoms with van der Waals surface area (Å²) in [6.45, 7) is 4.30. The van der Waals surface area contributed by atoms with Gasteiger partial charge in [-0.1, -0.05) is 13.3 Å². The smallest absolute Gasteiger partial charge is 0.242 e. The lowest BCUT2D eigenvalue weighted by atomic mass is 9.98. The molecule has 0 bridgehead atoms. The Labute approximate surface area is 108 Å².